The molecule has 0 aromatic rings. The molecule has 19 heavy (non-hydrogen) atoms. The van der Waals surface area contributed by atoms with Crippen molar-refractivity contribution < 1.29 is 16.5 Å². The normalized spacial score (nSPS) is 20.2. The molecule has 0 aromatic carbocycles. The summed E-state index contributed by atoms with van der Waals surface area (Å²) in [6, 6.07) is 0. The second-order valence-corrected chi connectivity index (χ2v) is 3.99. The Labute approximate surface area is 131 Å². The zero-order valence-corrected chi connectivity index (χ0v) is 13.4. The second-order valence-electron chi connectivity index (χ2n) is 3.99. The summed E-state index contributed by atoms with van der Waals surface area (Å²) in [5.41, 5.74) is 0. The fraction of sp³-hybridized carbons (Fsp3) is 0.444. The van der Waals surface area contributed by atoms with Gasteiger partial charge in [0.25, 0.3) is 0 Å². The van der Waals surface area contributed by atoms with E-state index in [4.69, 9.17) is 0 Å². The van der Waals surface area contributed by atoms with Crippen LogP contribution in [0.2, 0.25) is 0 Å². The van der Waals surface area contributed by atoms with Crippen LogP contribution in [0.25, 0.3) is 0 Å². The van der Waals surface area contributed by atoms with Gasteiger partial charge in [-0.15, -0.1) is 0 Å². The van der Waals surface area contributed by atoms with Crippen molar-refractivity contribution in [1.82, 2.24) is 0 Å². The number of hydrogen-bond donors (Lipinski definition) is 0. The molecule has 0 amide bonds. The Hall–Kier alpha value is -0.546. The molecule has 0 bridgehead atoms. The van der Waals surface area contributed by atoms with Gasteiger partial charge in [0.2, 0.25) is 0 Å². The second kappa shape index (κ2) is 19.8. The van der Waals surface area contributed by atoms with E-state index in [1.165, 1.54) is 38.5 Å². The van der Waals surface area contributed by atoms with Crippen LogP contribution in [0.4, 0.5) is 0 Å². The van der Waals surface area contributed by atoms with Crippen LogP contribution in [0.1, 0.15) is 51.4 Å². The Balaban J connectivity index is -0.000000233. The third-order valence-electron chi connectivity index (χ3n) is 2.49. The molecule has 0 N–H and O–H groups in total. The van der Waals surface area contributed by atoms with Gasteiger partial charge in [-0.3, -0.25) is 12.2 Å². The minimum absolute atomic E-state index is 0. The largest absolute Gasteiger partial charge is 0.500 e. The Kier molecular flexibility index (Phi) is 24.5. The summed E-state index contributed by atoms with van der Waals surface area (Å²) in [5.74, 6) is 0. The van der Waals surface area contributed by atoms with Gasteiger partial charge in [0.1, 0.15) is 0 Å². The molecule has 0 atom stereocenters. The van der Waals surface area contributed by atoms with Gasteiger partial charge in [-0.25, -0.2) is 0 Å². The molecular weight excluding hydrogens is 275 g/mol. The van der Waals surface area contributed by atoms with Crippen LogP contribution in [0, 0.1) is 27.0 Å². The zero-order valence-electron chi connectivity index (χ0n) is 12.4. The standard InChI is InChI=1S/2C8H11.2CH3.Ni/c2*1-2-4-6-8-7-5-3-1;;;/h2*1-2,7H,3-6H2;2*1H3;/q4*-1;/b2*2-1-;;;. The summed E-state index contributed by atoms with van der Waals surface area (Å²) < 4.78 is 0. The van der Waals surface area contributed by atoms with Crippen LogP contribution in [0.3, 0.4) is 0 Å². The molecule has 2 rings (SSSR count). The van der Waals surface area contributed by atoms with Gasteiger partial charge >= 0.3 is 0 Å². The summed E-state index contributed by atoms with van der Waals surface area (Å²) in [7, 11) is 0. The first-order chi connectivity index (χ1) is 8.00. The van der Waals surface area contributed by atoms with Gasteiger partial charge in [-0.05, 0) is 12.8 Å². The van der Waals surface area contributed by atoms with Crippen molar-refractivity contribution in [2.45, 2.75) is 51.4 Å². The fourth-order valence-electron chi connectivity index (χ4n) is 1.57. The van der Waals surface area contributed by atoms with Crippen molar-refractivity contribution in [3.63, 3.8) is 0 Å². The average molecular weight is 303 g/mol. The number of allylic oxidation sites excluding steroid dienone is 8. The first kappa shape index (κ1) is 23.5. The molecule has 2 aliphatic carbocycles. The molecule has 0 nitrogen and oxygen atoms in total. The Bertz CT molecular complexity index is 179. The predicted octanol–water partition coefficient (Wildman–Crippen LogP) is 5.85. The number of hydrogen-bond acceptors (Lipinski definition) is 0. The van der Waals surface area contributed by atoms with Crippen LogP contribution in [-0.2, 0) is 16.5 Å². The van der Waals surface area contributed by atoms with Crippen molar-refractivity contribution >= 4 is 0 Å². The van der Waals surface area contributed by atoms with Crippen molar-refractivity contribution in [1.29, 1.82) is 0 Å². The summed E-state index contributed by atoms with van der Waals surface area (Å²) in [6.07, 6.45) is 29.0. The fourth-order valence-corrected chi connectivity index (χ4v) is 1.57. The molecule has 0 radical (unpaired) electrons. The molecule has 0 fully saturated rings. The summed E-state index contributed by atoms with van der Waals surface area (Å²) >= 11 is 0. The molecule has 0 spiro atoms. The maximum absolute atomic E-state index is 3.21. The van der Waals surface area contributed by atoms with Crippen LogP contribution in [0.15, 0.2) is 36.5 Å². The topological polar surface area (TPSA) is 0 Å². The molecule has 0 heterocycles. The molecule has 0 saturated carbocycles. The molecule has 2 aliphatic rings. The maximum Gasteiger partial charge on any atom is 0 e. The van der Waals surface area contributed by atoms with Crippen molar-refractivity contribution in [2.24, 2.45) is 0 Å². The third kappa shape index (κ3) is 17.5. The van der Waals surface area contributed by atoms with E-state index in [1.54, 1.807) is 0 Å². The van der Waals surface area contributed by atoms with Gasteiger partial charge in [0.05, 0.1) is 0 Å². The van der Waals surface area contributed by atoms with E-state index < -0.39 is 0 Å². The van der Waals surface area contributed by atoms with E-state index >= 15 is 0 Å². The van der Waals surface area contributed by atoms with E-state index in [0.717, 1.165) is 12.8 Å². The summed E-state index contributed by atoms with van der Waals surface area (Å²) in [6.45, 7) is 0. The van der Waals surface area contributed by atoms with Gasteiger partial charge in [-0.1, -0.05) is 50.0 Å². The maximum atomic E-state index is 3.21. The van der Waals surface area contributed by atoms with Crippen molar-refractivity contribution in [3.05, 3.63) is 63.5 Å². The first-order valence-corrected chi connectivity index (χ1v) is 6.40. The predicted molar refractivity (Wildman–Crippen MR) is 83.7 cm³/mol. The van der Waals surface area contributed by atoms with E-state index in [2.05, 4.69) is 48.6 Å². The molecule has 114 valence electrons. The molecule has 0 aromatic heterocycles. The van der Waals surface area contributed by atoms with E-state index in [-0.39, 0.29) is 31.3 Å². The minimum Gasteiger partial charge on any atom is -0.500 e. The van der Waals surface area contributed by atoms with E-state index in [1.807, 2.05) is 0 Å². The SMILES string of the molecule is [C-]1=CCC/C=C\CC1.[C-]1=CCC/C=C\CC1.[CH3-].[CH3-].[Ni]. The molecular formula is C18H28Ni-4. The smallest absolute Gasteiger partial charge is 0 e. The summed E-state index contributed by atoms with van der Waals surface area (Å²) in [5, 5.41) is 0. The Morgan fingerprint density at radius 3 is 1.32 bits per heavy atom. The number of rotatable bonds is 0. The van der Waals surface area contributed by atoms with E-state index in [0.29, 0.717) is 0 Å². The van der Waals surface area contributed by atoms with Gasteiger partial charge in [-0.2, -0.15) is 12.8 Å². The van der Waals surface area contributed by atoms with Gasteiger partial charge in [0, 0.05) is 16.5 Å². The minimum atomic E-state index is 0. The quantitative estimate of drug-likeness (QED) is 0.299. The van der Waals surface area contributed by atoms with Gasteiger partial charge < -0.3 is 27.0 Å². The average Bonchev–Trinajstić information content (AvgIpc) is 2.15. The zero-order chi connectivity index (χ0) is 11.3. The van der Waals surface area contributed by atoms with Crippen molar-refractivity contribution in [2.75, 3.05) is 0 Å². The molecule has 0 unspecified atom stereocenters. The first-order valence-electron chi connectivity index (χ1n) is 6.40. The molecule has 0 saturated heterocycles. The van der Waals surface area contributed by atoms with Crippen molar-refractivity contribution in [3.8, 4) is 0 Å². The van der Waals surface area contributed by atoms with Crippen LogP contribution in [-0.4, -0.2) is 0 Å². The Morgan fingerprint density at radius 1 is 0.526 bits per heavy atom. The van der Waals surface area contributed by atoms with Crippen LogP contribution < -0.4 is 0 Å². The van der Waals surface area contributed by atoms with Gasteiger partial charge in [0.15, 0.2) is 0 Å². The Morgan fingerprint density at radius 2 is 0.895 bits per heavy atom. The molecule has 0 aliphatic heterocycles. The van der Waals surface area contributed by atoms with E-state index in [9.17, 15) is 0 Å². The monoisotopic (exact) mass is 302 g/mol. The van der Waals surface area contributed by atoms with Crippen LogP contribution in [0.5, 0.6) is 0 Å². The molecule has 1 heteroatoms. The van der Waals surface area contributed by atoms with Crippen LogP contribution >= 0.6 is 0 Å². The third-order valence-corrected chi connectivity index (χ3v) is 2.49. The summed E-state index contributed by atoms with van der Waals surface area (Å²) in [4.78, 5) is 0.